The minimum Gasteiger partial charge on any atom is -0.497 e. The molecule has 1 unspecified atom stereocenters. The lowest BCUT2D eigenvalue weighted by molar-refractivity contribution is 0.0901. The summed E-state index contributed by atoms with van der Waals surface area (Å²) in [5, 5.41) is 0. The molecule has 0 aliphatic rings. The topological polar surface area (TPSA) is 86.3 Å². The average molecular weight is 809 g/mol. The average Bonchev–Trinajstić information content (AvgIpc) is 3.24. The lowest BCUT2D eigenvalue weighted by atomic mass is 9.85. The van der Waals surface area contributed by atoms with Crippen molar-refractivity contribution >= 4 is 24.0 Å². The van der Waals surface area contributed by atoms with Gasteiger partial charge in [-0.3, -0.25) is 9.62 Å². The van der Waals surface area contributed by atoms with E-state index in [9.17, 15) is 8.42 Å². The Morgan fingerprint density at radius 1 is 0.684 bits per heavy atom. The van der Waals surface area contributed by atoms with Crippen molar-refractivity contribution in [1.82, 2.24) is 4.90 Å². The molecule has 5 aromatic rings. The van der Waals surface area contributed by atoms with E-state index in [1.165, 1.54) is 22.9 Å². The molecule has 0 spiro atoms. The van der Waals surface area contributed by atoms with Gasteiger partial charge in [0, 0.05) is 25.0 Å². The van der Waals surface area contributed by atoms with Crippen molar-refractivity contribution in [2.24, 2.45) is 0 Å². The molecule has 8 nitrogen and oxygen atoms in total. The second kappa shape index (κ2) is 20.7. The molecule has 0 aliphatic carbocycles. The number of ether oxygens (including phenoxy) is 3. The number of nitrogens with zero attached hydrogens (tertiary/aromatic N) is 1. The predicted molar refractivity (Wildman–Crippen MR) is 235 cm³/mol. The highest BCUT2D eigenvalue weighted by Gasteiger charge is 2.35. The van der Waals surface area contributed by atoms with E-state index >= 15 is 0 Å². The molecule has 5 rings (SSSR count). The number of benzene rings is 5. The molecule has 0 bridgehead atoms. The Morgan fingerprint density at radius 3 is 1.68 bits per heavy atom. The molecule has 0 aliphatic heterocycles. The van der Waals surface area contributed by atoms with Crippen molar-refractivity contribution in [2.75, 3.05) is 31.7 Å². The maximum absolute atomic E-state index is 12.7. The van der Waals surface area contributed by atoms with E-state index in [0.29, 0.717) is 31.1 Å². The molecule has 57 heavy (non-hydrogen) atoms. The smallest absolute Gasteiger partial charge is 0.229 e. The monoisotopic (exact) mass is 808 g/mol. The molecule has 5 aromatic carbocycles. The van der Waals surface area contributed by atoms with Gasteiger partial charge in [-0.15, -0.1) is 0 Å². The van der Waals surface area contributed by atoms with Crippen LogP contribution in [-0.2, 0) is 27.6 Å². The predicted octanol–water partition coefficient (Wildman–Crippen LogP) is 10.8. The van der Waals surface area contributed by atoms with Crippen LogP contribution < -0.4 is 18.9 Å². The minimum absolute atomic E-state index is 0.0939. The quantitative estimate of drug-likeness (QED) is 0.0697. The molecular formula is C47H60N2O6SSi. The summed E-state index contributed by atoms with van der Waals surface area (Å²) in [6, 6.07) is 46.1. The highest BCUT2D eigenvalue weighted by atomic mass is 32.2. The zero-order valence-corrected chi connectivity index (χ0v) is 36.4. The van der Waals surface area contributed by atoms with E-state index in [0.717, 1.165) is 47.2 Å². The Bertz CT molecular complexity index is 2010. The van der Waals surface area contributed by atoms with Crippen molar-refractivity contribution < 1.29 is 27.1 Å². The van der Waals surface area contributed by atoms with Crippen LogP contribution in [0.15, 0.2) is 127 Å². The largest absolute Gasteiger partial charge is 0.497 e. The first-order chi connectivity index (χ1) is 27.5. The van der Waals surface area contributed by atoms with E-state index in [1.54, 1.807) is 14.2 Å². The van der Waals surface area contributed by atoms with Crippen LogP contribution in [0.3, 0.4) is 0 Å². The fourth-order valence-corrected chi connectivity index (χ4v) is 10.8. The first-order valence-electron chi connectivity index (χ1n) is 20.0. The third kappa shape index (κ3) is 12.4. The van der Waals surface area contributed by atoms with Crippen LogP contribution in [0.25, 0.3) is 0 Å². The molecule has 2 atom stereocenters. The van der Waals surface area contributed by atoms with Gasteiger partial charge in [0.15, 0.2) is 8.32 Å². The number of rotatable bonds is 22. The lowest BCUT2D eigenvalue weighted by Crippen LogP contribution is -2.43. The van der Waals surface area contributed by atoms with Crippen molar-refractivity contribution in [1.29, 1.82) is 0 Å². The number of hydrogen-bond acceptors (Lipinski definition) is 7. The summed E-state index contributed by atoms with van der Waals surface area (Å²) in [6.07, 6.45) is 1.68. The summed E-state index contributed by atoms with van der Waals surface area (Å²) in [6.45, 7) is 10.7. The van der Waals surface area contributed by atoms with Gasteiger partial charge in [-0.05, 0) is 95.7 Å². The standard InChI is InChI=1S/C47H60N2O6SSi/c1-8-57(9-2,10-3)55-47(41-25-30-46(45(32-41)48-56(7,50)51)54-35-38-19-15-12-16-20-38)34-49(33-37-17-13-11-14-18-37)36(4)31-44(39-21-26-42(52-5)27-22-39)40-23-28-43(53-6)29-24-40/h11-30,32,36,44,47-48H,8-10,31,33-35H2,1-7H3/t36?,47-/m0/s1. The second-order valence-electron chi connectivity index (χ2n) is 14.9. The highest BCUT2D eigenvalue weighted by Crippen LogP contribution is 2.38. The van der Waals surface area contributed by atoms with E-state index < -0.39 is 18.3 Å². The summed E-state index contributed by atoms with van der Waals surface area (Å²) in [5.41, 5.74) is 5.92. The van der Waals surface area contributed by atoms with E-state index in [1.807, 2.05) is 78.9 Å². The van der Waals surface area contributed by atoms with Crippen molar-refractivity contribution in [3.8, 4) is 17.2 Å². The lowest BCUT2D eigenvalue weighted by Gasteiger charge is -2.39. The molecule has 0 heterocycles. The van der Waals surface area contributed by atoms with Crippen LogP contribution in [-0.4, -0.2) is 54.7 Å². The fraction of sp³-hybridized carbons (Fsp3) is 0.362. The van der Waals surface area contributed by atoms with Crippen LogP contribution >= 0.6 is 0 Å². The zero-order chi connectivity index (χ0) is 40.8. The summed E-state index contributed by atoms with van der Waals surface area (Å²) < 4.78 is 52.9. The Hall–Kier alpha value is -4.61. The van der Waals surface area contributed by atoms with Crippen molar-refractivity contribution in [2.45, 2.75) is 83.5 Å². The van der Waals surface area contributed by atoms with Gasteiger partial charge < -0.3 is 18.6 Å². The Kier molecular flexibility index (Phi) is 15.8. The molecule has 10 heteroatoms. The van der Waals surface area contributed by atoms with Gasteiger partial charge >= 0.3 is 0 Å². The summed E-state index contributed by atoms with van der Waals surface area (Å²) >= 11 is 0. The second-order valence-corrected chi connectivity index (χ2v) is 21.3. The number of nitrogens with one attached hydrogen (secondary N) is 1. The molecular weight excluding hydrogens is 749 g/mol. The maximum atomic E-state index is 12.7. The summed E-state index contributed by atoms with van der Waals surface area (Å²) in [4.78, 5) is 2.53. The molecule has 0 fully saturated rings. The third-order valence-electron chi connectivity index (χ3n) is 11.1. The number of sulfonamides is 1. The first-order valence-corrected chi connectivity index (χ1v) is 24.4. The normalized spacial score (nSPS) is 13.0. The van der Waals surface area contributed by atoms with Gasteiger partial charge in [-0.1, -0.05) is 112 Å². The van der Waals surface area contributed by atoms with Gasteiger partial charge in [-0.2, -0.15) is 0 Å². The fourth-order valence-electron chi connectivity index (χ4n) is 7.46. The molecule has 0 radical (unpaired) electrons. The first kappa shape index (κ1) is 43.5. The Balaban J connectivity index is 1.56. The third-order valence-corrected chi connectivity index (χ3v) is 16.3. The van der Waals surface area contributed by atoms with Gasteiger partial charge in [0.05, 0.1) is 32.3 Å². The summed E-state index contributed by atoms with van der Waals surface area (Å²) in [7, 11) is -2.40. The van der Waals surface area contributed by atoms with Gasteiger partial charge in [0.25, 0.3) is 0 Å². The van der Waals surface area contributed by atoms with E-state index in [2.05, 4.69) is 85.8 Å². The van der Waals surface area contributed by atoms with E-state index in [4.69, 9.17) is 18.6 Å². The Morgan fingerprint density at radius 2 is 1.19 bits per heavy atom. The van der Waals surface area contributed by atoms with Gasteiger partial charge in [0.2, 0.25) is 10.0 Å². The van der Waals surface area contributed by atoms with Gasteiger partial charge in [-0.25, -0.2) is 8.42 Å². The number of methoxy groups -OCH3 is 2. The number of anilines is 1. The SMILES string of the molecule is CC[Si](CC)(CC)O[C@@H](CN(Cc1ccccc1)C(C)CC(c1ccc(OC)cc1)c1ccc(OC)cc1)c1ccc(OCc2ccccc2)c(NS(C)(=O)=O)c1. The molecule has 304 valence electrons. The van der Waals surface area contributed by atoms with Crippen molar-refractivity contribution in [3.05, 3.63) is 155 Å². The van der Waals surface area contributed by atoms with Crippen LogP contribution in [0.4, 0.5) is 5.69 Å². The molecule has 0 amide bonds. The Labute approximate surface area is 342 Å². The molecule has 1 N–H and O–H groups in total. The minimum atomic E-state index is -3.61. The maximum Gasteiger partial charge on any atom is 0.229 e. The highest BCUT2D eigenvalue weighted by molar-refractivity contribution is 7.92. The summed E-state index contributed by atoms with van der Waals surface area (Å²) in [5.74, 6) is 2.20. The van der Waals surface area contributed by atoms with E-state index in [-0.39, 0.29) is 18.1 Å². The van der Waals surface area contributed by atoms with Crippen LogP contribution in [0.2, 0.25) is 18.1 Å². The molecule has 0 saturated heterocycles. The van der Waals surface area contributed by atoms with Crippen LogP contribution in [0.1, 0.15) is 74.0 Å². The van der Waals surface area contributed by atoms with Crippen LogP contribution in [0.5, 0.6) is 17.2 Å². The van der Waals surface area contributed by atoms with Gasteiger partial charge in [0.1, 0.15) is 23.9 Å². The molecule has 0 saturated carbocycles. The zero-order valence-electron chi connectivity index (χ0n) is 34.6. The molecule has 0 aromatic heterocycles. The number of hydrogen-bond donors (Lipinski definition) is 1. The van der Waals surface area contributed by atoms with Crippen LogP contribution in [0, 0.1) is 0 Å². The van der Waals surface area contributed by atoms with Crippen molar-refractivity contribution in [3.63, 3.8) is 0 Å².